The molecular weight excluding hydrogens is 162 g/mol. The molecule has 0 saturated heterocycles. The average Bonchev–Trinajstić information content (AvgIpc) is 2.01. The lowest BCUT2D eigenvalue weighted by atomic mass is 9.63. The summed E-state index contributed by atoms with van der Waals surface area (Å²) in [6, 6.07) is 0.506. The molecule has 0 aromatic carbocycles. The summed E-state index contributed by atoms with van der Waals surface area (Å²) >= 11 is 0. The van der Waals surface area contributed by atoms with Gasteiger partial charge in [0.15, 0.2) is 0 Å². The summed E-state index contributed by atoms with van der Waals surface area (Å²) in [5, 5.41) is 12.8. The molecule has 0 spiro atoms. The number of aliphatic hydroxyl groups is 1. The van der Waals surface area contributed by atoms with Crippen LogP contribution in [0.3, 0.4) is 0 Å². The molecule has 2 heteroatoms. The Bertz CT molecular complexity index is 147. The molecule has 0 heterocycles. The van der Waals surface area contributed by atoms with Crippen LogP contribution in [0.1, 0.15) is 39.5 Å². The van der Waals surface area contributed by atoms with Crippen LogP contribution < -0.4 is 5.32 Å². The van der Waals surface area contributed by atoms with Crippen LogP contribution in [0.4, 0.5) is 0 Å². The fourth-order valence-corrected chi connectivity index (χ4v) is 2.39. The molecule has 0 bridgehead atoms. The molecule has 0 aromatic heterocycles. The van der Waals surface area contributed by atoms with Crippen LogP contribution in [-0.2, 0) is 0 Å². The zero-order chi connectivity index (χ0) is 9.90. The Kier molecular flexibility index (Phi) is 3.74. The molecule has 0 amide bonds. The molecule has 13 heavy (non-hydrogen) atoms. The van der Waals surface area contributed by atoms with Crippen LogP contribution >= 0.6 is 0 Å². The van der Waals surface area contributed by atoms with E-state index in [-0.39, 0.29) is 5.41 Å². The molecule has 2 nitrogen and oxygen atoms in total. The number of aliphatic hydroxyl groups excluding tert-OH is 1. The minimum atomic E-state index is 0.207. The van der Waals surface area contributed by atoms with Crippen molar-refractivity contribution < 1.29 is 5.11 Å². The molecule has 1 aliphatic rings. The normalized spacial score (nSPS) is 22.8. The Labute approximate surface area is 81.7 Å². The van der Waals surface area contributed by atoms with Crippen LogP contribution in [0.5, 0.6) is 0 Å². The first-order valence-electron chi connectivity index (χ1n) is 5.43. The van der Waals surface area contributed by atoms with E-state index in [4.69, 9.17) is 0 Å². The molecule has 0 radical (unpaired) electrons. The van der Waals surface area contributed by atoms with Crippen molar-refractivity contribution in [2.24, 2.45) is 11.3 Å². The van der Waals surface area contributed by atoms with Gasteiger partial charge in [0.25, 0.3) is 0 Å². The Hall–Kier alpha value is -0.0800. The maximum absolute atomic E-state index is 9.41. The van der Waals surface area contributed by atoms with E-state index in [1.165, 1.54) is 25.7 Å². The molecule has 1 fully saturated rings. The number of rotatable bonds is 5. The van der Waals surface area contributed by atoms with Crippen LogP contribution in [0.25, 0.3) is 0 Å². The second-order valence-corrected chi connectivity index (χ2v) is 4.84. The first-order valence-corrected chi connectivity index (χ1v) is 5.43. The average molecular weight is 185 g/mol. The number of hydrogen-bond acceptors (Lipinski definition) is 2. The maximum Gasteiger partial charge on any atom is 0.0502 e. The summed E-state index contributed by atoms with van der Waals surface area (Å²) < 4.78 is 0. The van der Waals surface area contributed by atoms with Crippen molar-refractivity contribution in [3.8, 4) is 0 Å². The van der Waals surface area contributed by atoms with Gasteiger partial charge in [-0.2, -0.15) is 0 Å². The van der Waals surface area contributed by atoms with Crippen LogP contribution in [0.15, 0.2) is 0 Å². The lowest BCUT2D eigenvalue weighted by Gasteiger charge is -2.47. The summed E-state index contributed by atoms with van der Waals surface area (Å²) in [5.74, 6) is 0.710. The molecule has 1 saturated carbocycles. The minimum Gasteiger partial charge on any atom is -0.396 e. The van der Waals surface area contributed by atoms with Crippen molar-refractivity contribution in [2.75, 3.05) is 13.7 Å². The highest BCUT2D eigenvalue weighted by Gasteiger charge is 2.42. The third kappa shape index (κ3) is 2.23. The van der Waals surface area contributed by atoms with Crippen molar-refractivity contribution in [3.63, 3.8) is 0 Å². The lowest BCUT2D eigenvalue weighted by Crippen LogP contribution is -2.51. The SMILES string of the molecule is CNC(CC(C)C)C1(CO)CCC1. The standard InChI is InChI=1S/C11H23NO/c1-9(2)7-10(12-3)11(8-13)5-4-6-11/h9-10,12-13H,4-8H2,1-3H3. The second-order valence-electron chi connectivity index (χ2n) is 4.84. The predicted molar refractivity (Wildman–Crippen MR) is 55.7 cm³/mol. The van der Waals surface area contributed by atoms with Crippen molar-refractivity contribution in [3.05, 3.63) is 0 Å². The molecule has 1 unspecified atom stereocenters. The zero-order valence-corrected chi connectivity index (χ0v) is 9.14. The van der Waals surface area contributed by atoms with Crippen LogP contribution in [-0.4, -0.2) is 24.8 Å². The predicted octanol–water partition coefficient (Wildman–Crippen LogP) is 1.78. The number of nitrogens with one attached hydrogen (secondary N) is 1. The summed E-state index contributed by atoms with van der Waals surface area (Å²) in [4.78, 5) is 0. The Morgan fingerprint density at radius 3 is 2.23 bits per heavy atom. The Morgan fingerprint density at radius 2 is 2.00 bits per heavy atom. The fourth-order valence-electron chi connectivity index (χ4n) is 2.39. The Morgan fingerprint density at radius 1 is 1.38 bits per heavy atom. The van der Waals surface area contributed by atoms with Gasteiger partial charge in [-0.05, 0) is 32.2 Å². The van der Waals surface area contributed by atoms with Crippen LogP contribution in [0.2, 0.25) is 0 Å². The summed E-state index contributed by atoms with van der Waals surface area (Å²) in [5.41, 5.74) is 0.207. The fraction of sp³-hybridized carbons (Fsp3) is 1.00. The van der Waals surface area contributed by atoms with E-state index >= 15 is 0 Å². The highest BCUT2D eigenvalue weighted by Crippen LogP contribution is 2.44. The van der Waals surface area contributed by atoms with Gasteiger partial charge in [0, 0.05) is 11.5 Å². The molecule has 0 aliphatic heterocycles. The van der Waals surface area contributed by atoms with E-state index < -0.39 is 0 Å². The highest BCUT2D eigenvalue weighted by atomic mass is 16.3. The molecule has 1 rings (SSSR count). The van der Waals surface area contributed by atoms with Gasteiger partial charge in [0.2, 0.25) is 0 Å². The quantitative estimate of drug-likeness (QED) is 0.684. The Balaban J connectivity index is 2.52. The van der Waals surface area contributed by atoms with Gasteiger partial charge in [0.1, 0.15) is 0 Å². The van der Waals surface area contributed by atoms with Crippen molar-refractivity contribution in [1.29, 1.82) is 0 Å². The lowest BCUT2D eigenvalue weighted by molar-refractivity contribution is 0.00219. The summed E-state index contributed by atoms with van der Waals surface area (Å²) in [7, 11) is 2.02. The first-order chi connectivity index (χ1) is 6.14. The third-order valence-electron chi connectivity index (χ3n) is 3.46. The highest BCUT2D eigenvalue weighted by molar-refractivity contribution is 4.96. The monoisotopic (exact) mass is 185 g/mol. The smallest absolute Gasteiger partial charge is 0.0502 e. The van der Waals surface area contributed by atoms with E-state index in [9.17, 15) is 5.11 Å². The van der Waals surface area contributed by atoms with Crippen molar-refractivity contribution in [2.45, 2.75) is 45.6 Å². The van der Waals surface area contributed by atoms with E-state index in [0.717, 1.165) is 0 Å². The first kappa shape index (κ1) is 11.0. The van der Waals surface area contributed by atoms with E-state index in [0.29, 0.717) is 18.6 Å². The summed E-state index contributed by atoms with van der Waals surface area (Å²) in [6.07, 6.45) is 4.86. The van der Waals surface area contributed by atoms with Gasteiger partial charge >= 0.3 is 0 Å². The third-order valence-corrected chi connectivity index (χ3v) is 3.46. The zero-order valence-electron chi connectivity index (χ0n) is 9.14. The molecule has 0 aromatic rings. The maximum atomic E-state index is 9.41. The summed E-state index contributed by atoms with van der Waals surface area (Å²) in [6.45, 7) is 4.84. The molecule has 78 valence electrons. The molecule has 1 atom stereocenters. The number of hydrogen-bond donors (Lipinski definition) is 2. The van der Waals surface area contributed by atoms with E-state index in [1.54, 1.807) is 0 Å². The van der Waals surface area contributed by atoms with Crippen LogP contribution in [0, 0.1) is 11.3 Å². The van der Waals surface area contributed by atoms with E-state index in [2.05, 4.69) is 19.2 Å². The molecule has 1 aliphatic carbocycles. The van der Waals surface area contributed by atoms with Gasteiger partial charge in [-0.3, -0.25) is 0 Å². The van der Waals surface area contributed by atoms with E-state index in [1.807, 2.05) is 7.05 Å². The largest absolute Gasteiger partial charge is 0.396 e. The second kappa shape index (κ2) is 4.43. The van der Waals surface area contributed by atoms with Crippen molar-refractivity contribution in [1.82, 2.24) is 5.32 Å². The topological polar surface area (TPSA) is 32.3 Å². The molecular formula is C11H23NO. The van der Waals surface area contributed by atoms with Gasteiger partial charge in [-0.25, -0.2) is 0 Å². The van der Waals surface area contributed by atoms with Crippen molar-refractivity contribution >= 4 is 0 Å². The minimum absolute atomic E-state index is 0.207. The van der Waals surface area contributed by atoms with Gasteiger partial charge in [-0.1, -0.05) is 20.3 Å². The molecule has 2 N–H and O–H groups in total. The van der Waals surface area contributed by atoms with Gasteiger partial charge < -0.3 is 10.4 Å². The van der Waals surface area contributed by atoms with Gasteiger partial charge in [0.05, 0.1) is 6.61 Å². The van der Waals surface area contributed by atoms with Gasteiger partial charge in [-0.15, -0.1) is 0 Å².